The van der Waals surface area contributed by atoms with E-state index in [2.05, 4.69) is 9.98 Å². The summed E-state index contributed by atoms with van der Waals surface area (Å²) in [5.41, 5.74) is 6.82. The molecule has 0 aliphatic heterocycles. The fraction of sp³-hybridized carbons (Fsp3) is 0.316. The zero-order valence-electron chi connectivity index (χ0n) is 14.3. The molecule has 0 unspecified atom stereocenters. The summed E-state index contributed by atoms with van der Waals surface area (Å²) in [6, 6.07) is 10.9. The molecule has 7 heteroatoms. The molecule has 0 saturated carbocycles. The average molecular weight is 391 g/mol. The number of nitrogens with two attached hydrogens (primary N) is 1. The predicted octanol–water partition coefficient (Wildman–Crippen LogP) is 4.60. The van der Waals surface area contributed by atoms with Crippen LogP contribution in [-0.2, 0) is 0 Å². The highest BCUT2D eigenvalue weighted by Gasteiger charge is 2.06. The Morgan fingerprint density at radius 3 is 2.77 bits per heavy atom. The molecular formula is C19H20Cl2N4O. The van der Waals surface area contributed by atoms with Crippen LogP contribution in [0.4, 0.5) is 0 Å². The highest BCUT2D eigenvalue weighted by molar-refractivity contribution is 6.42. The van der Waals surface area contributed by atoms with Crippen LogP contribution in [0.15, 0.2) is 41.5 Å². The molecular weight excluding hydrogens is 371 g/mol. The van der Waals surface area contributed by atoms with Crippen LogP contribution >= 0.6 is 23.2 Å². The van der Waals surface area contributed by atoms with Gasteiger partial charge in [0, 0.05) is 12.7 Å². The molecule has 2 aromatic rings. The smallest absolute Gasteiger partial charge is 0.151 e. The lowest BCUT2D eigenvalue weighted by Gasteiger charge is -2.08. The first kappa shape index (κ1) is 20.0. The number of ether oxygens (including phenoxy) is 1. The van der Waals surface area contributed by atoms with E-state index < -0.39 is 0 Å². The van der Waals surface area contributed by atoms with Crippen LogP contribution in [0.5, 0.6) is 5.75 Å². The van der Waals surface area contributed by atoms with Crippen molar-refractivity contribution < 1.29 is 4.74 Å². The Morgan fingerprint density at radius 1 is 1.15 bits per heavy atom. The summed E-state index contributed by atoms with van der Waals surface area (Å²) in [6.07, 6.45) is 5.43. The molecule has 136 valence electrons. The van der Waals surface area contributed by atoms with E-state index >= 15 is 0 Å². The van der Waals surface area contributed by atoms with Crippen molar-refractivity contribution in [2.75, 3.05) is 13.2 Å². The second kappa shape index (κ2) is 10.6. The third kappa shape index (κ3) is 5.91. The Kier molecular flexibility index (Phi) is 8.20. The van der Waals surface area contributed by atoms with Gasteiger partial charge in [-0.3, -0.25) is 4.99 Å². The number of benzene rings is 1. The summed E-state index contributed by atoms with van der Waals surface area (Å²) >= 11 is 12.0. The number of hydrogen-bond donors (Lipinski definition) is 1. The number of nitrogens with zero attached hydrogens (tertiary/aromatic N) is 3. The molecule has 1 heterocycles. The minimum atomic E-state index is 0.297. The van der Waals surface area contributed by atoms with Crippen LogP contribution in [0.3, 0.4) is 0 Å². The van der Waals surface area contributed by atoms with Crippen molar-refractivity contribution in [2.45, 2.75) is 25.7 Å². The van der Waals surface area contributed by atoms with Gasteiger partial charge < -0.3 is 10.5 Å². The number of amidine groups is 1. The van der Waals surface area contributed by atoms with Crippen LogP contribution in [0.1, 0.15) is 36.9 Å². The molecule has 1 aromatic heterocycles. The SMILES string of the molecule is N#Cc1ncccc1C(N)=NCCCCCCOc1cccc(Cl)c1Cl. The van der Waals surface area contributed by atoms with Crippen LogP contribution in [-0.4, -0.2) is 24.0 Å². The van der Waals surface area contributed by atoms with Crippen molar-refractivity contribution in [1.29, 1.82) is 5.26 Å². The number of pyridine rings is 1. The van der Waals surface area contributed by atoms with Gasteiger partial charge in [-0.1, -0.05) is 35.7 Å². The zero-order chi connectivity index (χ0) is 18.8. The van der Waals surface area contributed by atoms with Crippen LogP contribution in [0.2, 0.25) is 10.0 Å². The molecule has 2 rings (SSSR count). The summed E-state index contributed by atoms with van der Waals surface area (Å²) in [5, 5.41) is 9.97. The number of rotatable bonds is 9. The van der Waals surface area contributed by atoms with E-state index in [0.717, 1.165) is 25.7 Å². The monoisotopic (exact) mass is 390 g/mol. The topological polar surface area (TPSA) is 84.3 Å². The molecule has 1 aromatic carbocycles. The molecule has 0 fully saturated rings. The van der Waals surface area contributed by atoms with Gasteiger partial charge in [-0.2, -0.15) is 5.26 Å². The fourth-order valence-electron chi connectivity index (χ4n) is 2.33. The van der Waals surface area contributed by atoms with E-state index in [4.69, 9.17) is 38.9 Å². The first-order valence-corrected chi connectivity index (χ1v) is 9.11. The largest absolute Gasteiger partial charge is 0.492 e. The number of aromatic nitrogens is 1. The maximum absolute atomic E-state index is 9.02. The van der Waals surface area contributed by atoms with Gasteiger partial charge in [0.05, 0.1) is 17.2 Å². The lowest BCUT2D eigenvalue weighted by atomic mass is 10.2. The highest BCUT2D eigenvalue weighted by atomic mass is 35.5. The Hall–Kier alpha value is -2.29. The van der Waals surface area contributed by atoms with Crippen LogP contribution < -0.4 is 10.5 Å². The van der Waals surface area contributed by atoms with E-state index in [-0.39, 0.29) is 0 Å². The summed E-state index contributed by atoms with van der Waals surface area (Å²) in [7, 11) is 0. The normalized spacial score (nSPS) is 11.2. The van der Waals surface area contributed by atoms with Gasteiger partial charge in [0.1, 0.15) is 22.7 Å². The third-order valence-electron chi connectivity index (χ3n) is 3.70. The number of unbranched alkanes of at least 4 members (excludes halogenated alkanes) is 3. The maximum atomic E-state index is 9.02. The van der Waals surface area contributed by atoms with Crippen molar-refractivity contribution in [1.82, 2.24) is 4.98 Å². The summed E-state index contributed by atoms with van der Waals surface area (Å²) < 4.78 is 5.64. The van der Waals surface area contributed by atoms with Crippen LogP contribution in [0.25, 0.3) is 0 Å². The fourth-order valence-corrected chi connectivity index (χ4v) is 2.68. The number of hydrogen-bond acceptors (Lipinski definition) is 4. The third-order valence-corrected chi connectivity index (χ3v) is 4.50. The van der Waals surface area contributed by atoms with E-state index in [1.807, 2.05) is 12.1 Å². The minimum Gasteiger partial charge on any atom is -0.492 e. The van der Waals surface area contributed by atoms with Crippen molar-refractivity contribution in [2.24, 2.45) is 10.7 Å². The molecule has 0 spiro atoms. The lowest BCUT2D eigenvalue weighted by Crippen LogP contribution is -2.16. The average Bonchev–Trinajstić information content (AvgIpc) is 2.66. The molecule has 26 heavy (non-hydrogen) atoms. The second-order valence-electron chi connectivity index (χ2n) is 5.59. The molecule has 0 radical (unpaired) electrons. The van der Waals surface area contributed by atoms with Crippen LogP contribution in [0, 0.1) is 11.3 Å². The van der Waals surface area contributed by atoms with Gasteiger partial charge in [0.25, 0.3) is 0 Å². The first-order valence-electron chi connectivity index (χ1n) is 8.35. The first-order chi connectivity index (χ1) is 12.6. The predicted molar refractivity (Wildman–Crippen MR) is 105 cm³/mol. The highest BCUT2D eigenvalue weighted by Crippen LogP contribution is 2.31. The molecule has 0 aliphatic carbocycles. The Labute approximate surface area is 163 Å². The van der Waals surface area contributed by atoms with E-state index in [0.29, 0.717) is 46.0 Å². The Balaban J connectivity index is 1.65. The van der Waals surface area contributed by atoms with Gasteiger partial charge in [-0.05, 0) is 43.5 Å². The lowest BCUT2D eigenvalue weighted by molar-refractivity contribution is 0.305. The molecule has 2 N–H and O–H groups in total. The van der Waals surface area contributed by atoms with E-state index in [1.165, 1.54) is 0 Å². The molecule has 0 atom stereocenters. The summed E-state index contributed by atoms with van der Waals surface area (Å²) in [5.74, 6) is 0.967. The van der Waals surface area contributed by atoms with Gasteiger partial charge >= 0.3 is 0 Å². The van der Waals surface area contributed by atoms with E-state index in [1.54, 1.807) is 30.5 Å². The van der Waals surface area contributed by atoms with Crippen molar-refractivity contribution in [3.63, 3.8) is 0 Å². The molecule has 5 nitrogen and oxygen atoms in total. The molecule has 0 bridgehead atoms. The standard InChI is InChI=1S/C19H20Cl2N4O/c20-15-8-5-9-17(18(15)21)26-12-4-2-1-3-10-25-19(23)14-7-6-11-24-16(14)13-22/h5-9,11H,1-4,10,12H2,(H2,23,25). The summed E-state index contributed by atoms with van der Waals surface area (Å²) in [6.45, 7) is 1.21. The van der Waals surface area contributed by atoms with E-state index in [9.17, 15) is 0 Å². The number of aliphatic imine (C=N–C) groups is 1. The Bertz CT molecular complexity index is 802. The van der Waals surface area contributed by atoms with Crippen molar-refractivity contribution >= 4 is 29.0 Å². The van der Waals surface area contributed by atoms with Gasteiger partial charge in [0.15, 0.2) is 5.69 Å². The summed E-state index contributed by atoms with van der Waals surface area (Å²) in [4.78, 5) is 8.31. The van der Waals surface area contributed by atoms with Crippen molar-refractivity contribution in [3.8, 4) is 11.8 Å². The second-order valence-corrected chi connectivity index (χ2v) is 6.38. The minimum absolute atomic E-state index is 0.297. The Morgan fingerprint density at radius 2 is 1.96 bits per heavy atom. The zero-order valence-corrected chi connectivity index (χ0v) is 15.8. The maximum Gasteiger partial charge on any atom is 0.151 e. The quantitative estimate of drug-likeness (QED) is 0.385. The molecule has 0 aliphatic rings. The van der Waals surface area contributed by atoms with Gasteiger partial charge in [-0.25, -0.2) is 4.98 Å². The van der Waals surface area contributed by atoms with Gasteiger partial charge in [-0.15, -0.1) is 0 Å². The van der Waals surface area contributed by atoms with Crippen molar-refractivity contribution in [3.05, 3.63) is 57.8 Å². The molecule has 0 saturated heterocycles. The van der Waals surface area contributed by atoms with Gasteiger partial charge in [0.2, 0.25) is 0 Å². The number of halogens is 2. The number of nitriles is 1. The molecule has 0 amide bonds.